The molecule has 150 valence electrons. The second-order valence-corrected chi connectivity index (χ2v) is 6.81. The molecule has 1 atom stereocenters. The molecule has 0 fully saturated rings. The molecule has 2 aromatic rings. The third-order valence-electron chi connectivity index (χ3n) is 4.73. The topological polar surface area (TPSA) is 40.5 Å². The van der Waals surface area contributed by atoms with Gasteiger partial charge in [0.15, 0.2) is 5.60 Å². The van der Waals surface area contributed by atoms with Gasteiger partial charge in [0.05, 0.1) is 5.69 Å². The Bertz CT molecular complexity index is 992. The van der Waals surface area contributed by atoms with Gasteiger partial charge in [-0.2, -0.15) is 26.3 Å². The summed E-state index contributed by atoms with van der Waals surface area (Å²) in [7, 11) is 1.43. The number of halogens is 6. The number of ketones is 1. The molecule has 0 amide bonds. The second kappa shape index (κ2) is 6.23. The summed E-state index contributed by atoms with van der Waals surface area (Å²) < 4.78 is 80.8. The van der Waals surface area contributed by atoms with E-state index in [1.54, 1.807) is 0 Å². The number of benzene rings is 2. The molecule has 1 unspecified atom stereocenters. The zero-order chi connectivity index (χ0) is 21.1. The Hall–Kier alpha value is -2.55. The van der Waals surface area contributed by atoms with Gasteiger partial charge in [0.2, 0.25) is 0 Å². The van der Waals surface area contributed by atoms with Crippen molar-refractivity contribution in [3.05, 3.63) is 53.2 Å². The van der Waals surface area contributed by atoms with E-state index >= 15 is 0 Å². The molecule has 3 nitrogen and oxygen atoms in total. The van der Waals surface area contributed by atoms with Crippen LogP contribution in [0.4, 0.5) is 32.0 Å². The number of carbonyl (C=O) groups is 1. The van der Waals surface area contributed by atoms with E-state index in [-0.39, 0.29) is 22.0 Å². The molecule has 1 N–H and O–H groups in total. The van der Waals surface area contributed by atoms with Gasteiger partial charge in [0, 0.05) is 36.2 Å². The maximum atomic E-state index is 13.8. The molecular formula is C19H15F6NO2. The number of nitrogens with zero attached hydrogens (tertiary/aromatic N) is 1. The van der Waals surface area contributed by atoms with Gasteiger partial charge in [-0.1, -0.05) is 29.8 Å². The van der Waals surface area contributed by atoms with Crippen molar-refractivity contribution in [2.45, 2.75) is 31.3 Å². The van der Waals surface area contributed by atoms with E-state index in [2.05, 4.69) is 0 Å². The van der Waals surface area contributed by atoms with Crippen LogP contribution in [-0.4, -0.2) is 30.3 Å². The van der Waals surface area contributed by atoms with Crippen LogP contribution in [-0.2, 0) is 5.60 Å². The Kier molecular flexibility index (Phi) is 4.49. The molecule has 28 heavy (non-hydrogen) atoms. The van der Waals surface area contributed by atoms with Gasteiger partial charge < -0.3 is 10.0 Å². The summed E-state index contributed by atoms with van der Waals surface area (Å²) in [6.45, 7) is 1.38. The molecule has 1 aliphatic heterocycles. The highest BCUT2D eigenvalue weighted by molar-refractivity contribution is 6.14. The van der Waals surface area contributed by atoms with Crippen LogP contribution < -0.4 is 4.90 Å². The summed E-state index contributed by atoms with van der Waals surface area (Å²) in [4.78, 5) is 13.3. The molecule has 1 aliphatic rings. The van der Waals surface area contributed by atoms with Crippen molar-refractivity contribution in [3.8, 4) is 0 Å². The van der Waals surface area contributed by atoms with E-state index in [1.165, 1.54) is 49.3 Å². The van der Waals surface area contributed by atoms with Gasteiger partial charge in [-0.25, -0.2) is 0 Å². The van der Waals surface area contributed by atoms with E-state index in [1.807, 2.05) is 0 Å². The SMILES string of the molecule is CC1=CN(C)c2c(cc(C(=O)C(F)(F)F)c3ccccc23)C(O)(C(F)(F)F)C1. The Balaban J connectivity index is 2.50. The average Bonchev–Trinajstić information content (AvgIpc) is 2.66. The van der Waals surface area contributed by atoms with Gasteiger partial charge in [-0.3, -0.25) is 4.79 Å². The van der Waals surface area contributed by atoms with Crippen molar-refractivity contribution in [1.29, 1.82) is 0 Å². The Morgan fingerprint density at radius 3 is 2.21 bits per heavy atom. The van der Waals surface area contributed by atoms with Crippen LogP contribution >= 0.6 is 0 Å². The van der Waals surface area contributed by atoms with Crippen LogP contribution in [0.5, 0.6) is 0 Å². The zero-order valence-corrected chi connectivity index (χ0v) is 14.7. The summed E-state index contributed by atoms with van der Waals surface area (Å²) in [6, 6.07) is 5.89. The summed E-state index contributed by atoms with van der Waals surface area (Å²) in [5, 5.41) is 10.5. The first kappa shape index (κ1) is 20.2. The minimum atomic E-state index is -5.28. The first-order chi connectivity index (χ1) is 12.8. The van der Waals surface area contributed by atoms with Crippen LogP contribution in [0, 0.1) is 0 Å². The maximum Gasteiger partial charge on any atom is 0.454 e. The van der Waals surface area contributed by atoms with Gasteiger partial charge in [-0.05, 0) is 18.4 Å². The standard InChI is InChI=1S/C19H15F6NO2/c1-10-8-17(28,19(23,24)25)14-7-13(16(27)18(20,21)22)11-5-3-4-6-12(11)15(14)26(2)9-10/h3-7,9,28H,8H2,1-2H3. The predicted molar refractivity (Wildman–Crippen MR) is 91.1 cm³/mol. The molecule has 0 saturated heterocycles. The summed E-state index contributed by atoms with van der Waals surface area (Å²) in [5.74, 6) is -2.27. The largest absolute Gasteiger partial charge is 0.454 e. The molecule has 0 bridgehead atoms. The number of hydrogen-bond acceptors (Lipinski definition) is 3. The lowest BCUT2D eigenvalue weighted by atomic mass is 9.83. The highest BCUT2D eigenvalue weighted by atomic mass is 19.4. The fraction of sp³-hybridized carbons (Fsp3) is 0.316. The number of rotatable bonds is 1. The third-order valence-corrected chi connectivity index (χ3v) is 4.73. The van der Waals surface area contributed by atoms with Crippen molar-refractivity contribution in [2.24, 2.45) is 0 Å². The van der Waals surface area contributed by atoms with Gasteiger partial charge in [0.25, 0.3) is 5.78 Å². The molecule has 0 radical (unpaired) electrons. The van der Waals surface area contributed by atoms with Crippen molar-refractivity contribution < 1.29 is 36.2 Å². The lowest BCUT2D eigenvalue weighted by Gasteiger charge is -2.33. The molecule has 2 aromatic carbocycles. The lowest BCUT2D eigenvalue weighted by Crippen LogP contribution is -2.43. The first-order valence-electron chi connectivity index (χ1n) is 8.14. The molecule has 3 rings (SSSR count). The van der Waals surface area contributed by atoms with Crippen LogP contribution in [0.2, 0.25) is 0 Å². The van der Waals surface area contributed by atoms with Crippen LogP contribution in [0.15, 0.2) is 42.1 Å². The Labute approximate surface area is 155 Å². The van der Waals surface area contributed by atoms with Crippen molar-refractivity contribution in [1.82, 2.24) is 0 Å². The van der Waals surface area contributed by atoms with Gasteiger partial charge in [0.1, 0.15) is 0 Å². The number of anilines is 1. The van der Waals surface area contributed by atoms with E-state index in [0.29, 0.717) is 6.07 Å². The number of carbonyl (C=O) groups excluding carboxylic acids is 1. The highest BCUT2D eigenvalue weighted by Gasteiger charge is 2.57. The minimum Gasteiger partial charge on any atom is -0.376 e. The summed E-state index contributed by atoms with van der Waals surface area (Å²) >= 11 is 0. The van der Waals surface area contributed by atoms with Crippen molar-refractivity contribution >= 4 is 22.2 Å². The fourth-order valence-corrected chi connectivity index (χ4v) is 3.59. The van der Waals surface area contributed by atoms with Gasteiger partial charge in [-0.15, -0.1) is 0 Å². The second-order valence-electron chi connectivity index (χ2n) is 6.81. The maximum absolute atomic E-state index is 13.8. The lowest BCUT2D eigenvalue weighted by molar-refractivity contribution is -0.265. The normalized spacial score (nSPS) is 20.6. The molecule has 0 aliphatic carbocycles. The van der Waals surface area contributed by atoms with E-state index in [0.717, 1.165) is 0 Å². The molecule has 0 spiro atoms. The Morgan fingerprint density at radius 1 is 1.11 bits per heavy atom. The number of Topliss-reactive ketones (excluding diaryl/α,β-unsaturated/α-hetero) is 1. The third kappa shape index (κ3) is 3.03. The first-order valence-corrected chi connectivity index (χ1v) is 8.14. The molecular weight excluding hydrogens is 388 g/mol. The van der Waals surface area contributed by atoms with Crippen LogP contribution in [0.3, 0.4) is 0 Å². The average molecular weight is 403 g/mol. The summed E-state index contributed by atoms with van der Waals surface area (Å²) in [5.41, 5.74) is -5.10. The highest BCUT2D eigenvalue weighted by Crippen LogP contribution is 2.51. The number of hydrogen-bond donors (Lipinski definition) is 1. The molecule has 0 saturated carbocycles. The quantitative estimate of drug-likeness (QED) is 0.533. The van der Waals surface area contributed by atoms with Crippen LogP contribution in [0.25, 0.3) is 10.8 Å². The minimum absolute atomic E-state index is 0.00345. The number of aliphatic hydroxyl groups is 1. The molecule has 0 aromatic heterocycles. The van der Waals surface area contributed by atoms with Crippen molar-refractivity contribution in [2.75, 3.05) is 11.9 Å². The Morgan fingerprint density at radius 2 is 1.68 bits per heavy atom. The number of fused-ring (bicyclic) bond motifs is 3. The van der Waals surface area contributed by atoms with E-state index < -0.39 is 41.3 Å². The van der Waals surface area contributed by atoms with E-state index in [9.17, 15) is 36.2 Å². The molecule has 9 heteroatoms. The molecule has 1 heterocycles. The van der Waals surface area contributed by atoms with Crippen molar-refractivity contribution in [3.63, 3.8) is 0 Å². The monoisotopic (exact) mass is 403 g/mol. The smallest absolute Gasteiger partial charge is 0.376 e. The van der Waals surface area contributed by atoms with E-state index in [4.69, 9.17) is 0 Å². The number of alkyl halides is 6. The van der Waals surface area contributed by atoms with Crippen LogP contribution in [0.1, 0.15) is 29.3 Å². The summed E-state index contributed by atoms with van der Waals surface area (Å²) in [6.07, 6.45) is -9.95. The fourth-order valence-electron chi connectivity index (χ4n) is 3.59. The zero-order valence-electron chi connectivity index (χ0n) is 14.7. The van der Waals surface area contributed by atoms with Gasteiger partial charge >= 0.3 is 12.4 Å². The predicted octanol–water partition coefficient (Wildman–Crippen LogP) is 5.08.